The van der Waals surface area contributed by atoms with Crippen LogP contribution in [0.1, 0.15) is 20.3 Å². The smallest absolute Gasteiger partial charge is 0.307 e. The number of nitrogens with zero attached hydrogens (tertiary/aromatic N) is 1. The number of hydrogen-bond acceptors (Lipinski definition) is 3. The van der Waals surface area contributed by atoms with Gasteiger partial charge in [0.05, 0.1) is 0 Å². The Morgan fingerprint density at radius 1 is 1.70 bits per heavy atom. The minimum Gasteiger partial charge on any atom is -0.450 e. The number of carbonyl (C=O) groups excluding carboxylic acids is 1. The zero-order valence-corrected chi connectivity index (χ0v) is 6.26. The maximum Gasteiger partial charge on any atom is 0.307 e. The number of rotatable bonds is 3. The maximum absolute atomic E-state index is 10.6. The molecule has 0 radical (unpaired) electrons. The first-order valence-corrected chi connectivity index (χ1v) is 3.19. The maximum atomic E-state index is 10.6. The first kappa shape index (κ1) is 8.96. The molecule has 0 aliphatic heterocycles. The van der Waals surface area contributed by atoms with Crippen LogP contribution in [0.5, 0.6) is 0 Å². The third-order valence-electron chi connectivity index (χ3n) is 0.873. The number of ether oxygens (including phenoxy) is 1. The Kier molecular flexibility index (Phi) is 4.30. The summed E-state index contributed by atoms with van der Waals surface area (Å²) in [5, 5.41) is 8.02. The van der Waals surface area contributed by atoms with Crippen LogP contribution < -0.4 is 0 Å². The van der Waals surface area contributed by atoms with E-state index in [0.29, 0.717) is 12.3 Å². The largest absolute Gasteiger partial charge is 0.450 e. The Morgan fingerprint density at radius 3 is 2.70 bits per heavy atom. The van der Waals surface area contributed by atoms with Crippen LogP contribution >= 0.6 is 0 Å². The number of hydrogen-bond donors (Lipinski definition) is 0. The number of esters is 1. The van der Waals surface area contributed by atoms with Crippen molar-refractivity contribution < 1.29 is 9.53 Å². The zero-order chi connectivity index (χ0) is 7.98. The monoisotopic (exact) mass is 141 g/mol. The molecule has 0 aliphatic carbocycles. The molecule has 0 aromatic carbocycles. The Hall–Kier alpha value is -1.04. The second kappa shape index (κ2) is 4.80. The molecular weight excluding hydrogens is 130 g/mol. The van der Waals surface area contributed by atoms with Gasteiger partial charge in [-0.3, -0.25) is 4.79 Å². The highest BCUT2D eigenvalue weighted by Gasteiger charge is 2.04. The molecule has 0 spiro atoms. The summed E-state index contributed by atoms with van der Waals surface area (Å²) in [6.45, 7) is 3.72. The van der Waals surface area contributed by atoms with Crippen molar-refractivity contribution in [2.75, 3.05) is 6.61 Å². The molecule has 0 saturated carbocycles. The molecule has 0 aliphatic rings. The molecular formula is C7H11NO2. The third kappa shape index (κ3) is 5.10. The predicted octanol–water partition coefficient (Wildman–Crippen LogP) is 1.10. The van der Waals surface area contributed by atoms with Crippen LogP contribution in [0.3, 0.4) is 0 Å². The van der Waals surface area contributed by atoms with E-state index < -0.39 is 0 Å². The molecule has 0 bridgehead atoms. The normalized spacial score (nSPS) is 9.00. The minimum absolute atomic E-state index is 0.133. The molecule has 3 heteroatoms. The molecule has 3 nitrogen and oxygen atoms in total. The highest BCUT2D eigenvalue weighted by Crippen LogP contribution is 1.99. The summed E-state index contributed by atoms with van der Waals surface area (Å²) in [5.41, 5.74) is 0. The van der Waals surface area contributed by atoms with Crippen LogP contribution in [0.2, 0.25) is 0 Å². The summed E-state index contributed by atoms with van der Waals surface area (Å²) in [5.74, 6) is 0.00254. The molecule has 0 fully saturated rings. The van der Waals surface area contributed by atoms with Crippen molar-refractivity contribution in [3.63, 3.8) is 0 Å². The van der Waals surface area contributed by atoms with E-state index in [1.165, 1.54) is 0 Å². The average molecular weight is 141 g/mol. The Labute approximate surface area is 60.6 Å². The van der Waals surface area contributed by atoms with Gasteiger partial charge in [0.15, 0.2) is 6.61 Å². The molecule has 0 unspecified atom stereocenters. The Morgan fingerprint density at radius 2 is 2.30 bits per heavy atom. The topological polar surface area (TPSA) is 50.1 Å². The van der Waals surface area contributed by atoms with Gasteiger partial charge in [0.25, 0.3) is 0 Å². The van der Waals surface area contributed by atoms with E-state index in [1.807, 2.05) is 13.8 Å². The molecule has 0 atom stereocenters. The van der Waals surface area contributed by atoms with Gasteiger partial charge in [-0.25, -0.2) is 0 Å². The van der Waals surface area contributed by atoms with Crippen LogP contribution in [0.4, 0.5) is 0 Å². The van der Waals surface area contributed by atoms with Crippen molar-refractivity contribution in [1.29, 1.82) is 5.26 Å². The van der Waals surface area contributed by atoms with Gasteiger partial charge in [-0.2, -0.15) is 5.26 Å². The van der Waals surface area contributed by atoms with Gasteiger partial charge in [0.2, 0.25) is 0 Å². The van der Waals surface area contributed by atoms with Crippen molar-refractivity contribution in [3.05, 3.63) is 0 Å². The fourth-order valence-electron chi connectivity index (χ4n) is 0.505. The summed E-state index contributed by atoms with van der Waals surface area (Å²) >= 11 is 0. The van der Waals surface area contributed by atoms with E-state index in [9.17, 15) is 4.79 Å². The number of carbonyl (C=O) groups is 1. The summed E-state index contributed by atoms with van der Waals surface area (Å²) in [7, 11) is 0. The molecule has 0 rings (SSSR count). The summed E-state index contributed by atoms with van der Waals surface area (Å²) in [6, 6.07) is 1.73. The van der Waals surface area contributed by atoms with Gasteiger partial charge in [-0.15, -0.1) is 0 Å². The lowest BCUT2D eigenvalue weighted by Gasteiger charge is -2.01. The van der Waals surface area contributed by atoms with E-state index in [1.54, 1.807) is 6.07 Å². The lowest BCUT2D eigenvalue weighted by molar-refractivity contribution is -0.143. The average Bonchev–Trinajstić information content (AvgIpc) is 1.82. The number of nitriles is 1. The highest BCUT2D eigenvalue weighted by molar-refractivity contribution is 5.69. The fourth-order valence-corrected chi connectivity index (χ4v) is 0.505. The second-order valence-electron chi connectivity index (χ2n) is 2.42. The van der Waals surface area contributed by atoms with Crippen LogP contribution in [-0.2, 0) is 9.53 Å². The van der Waals surface area contributed by atoms with Crippen molar-refractivity contribution in [1.82, 2.24) is 0 Å². The van der Waals surface area contributed by atoms with Gasteiger partial charge in [0.1, 0.15) is 6.07 Å². The lowest BCUT2D eigenvalue weighted by atomic mass is 10.1. The van der Waals surface area contributed by atoms with Gasteiger partial charge in [-0.05, 0) is 5.92 Å². The fraction of sp³-hybridized carbons (Fsp3) is 0.714. The summed E-state index contributed by atoms with van der Waals surface area (Å²) < 4.78 is 4.50. The summed E-state index contributed by atoms with van der Waals surface area (Å²) in [4.78, 5) is 10.6. The molecule has 0 aromatic heterocycles. The van der Waals surface area contributed by atoms with Crippen LogP contribution in [0, 0.1) is 17.2 Å². The molecule has 0 aromatic rings. The van der Waals surface area contributed by atoms with Crippen molar-refractivity contribution in [3.8, 4) is 6.07 Å². The van der Waals surface area contributed by atoms with Gasteiger partial charge < -0.3 is 4.74 Å². The van der Waals surface area contributed by atoms with E-state index in [0.717, 1.165) is 0 Å². The van der Waals surface area contributed by atoms with Gasteiger partial charge in [0, 0.05) is 6.42 Å². The van der Waals surface area contributed by atoms with Crippen molar-refractivity contribution in [2.45, 2.75) is 20.3 Å². The van der Waals surface area contributed by atoms with Crippen LogP contribution in [0.15, 0.2) is 0 Å². The minimum atomic E-state index is -0.295. The molecule has 10 heavy (non-hydrogen) atoms. The highest BCUT2D eigenvalue weighted by atomic mass is 16.5. The van der Waals surface area contributed by atoms with Gasteiger partial charge >= 0.3 is 5.97 Å². The predicted molar refractivity (Wildman–Crippen MR) is 36.0 cm³/mol. The summed E-state index contributed by atoms with van der Waals surface area (Å²) in [6.07, 6.45) is 0.391. The molecule has 0 amide bonds. The lowest BCUT2D eigenvalue weighted by Crippen LogP contribution is -2.07. The molecule has 0 heterocycles. The van der Waals surface area contributed by atoms with E-state index in [2.05, 4.69) is 4.74 Å². The van der Waals surface area contributed by atoms with E-state index in [4.69, 9.17) is 5.26 Å². The Balaban J connectivity index is 3.37. The third-order valence-corrected chi connectivity index (χ3v) is 0.873. The molecule has 0 saturated heterocycles. The first-order chi connectivity index (χ1) is 4.66. The van der Waals surface area contributed by atoms with Gasteiger partial charge in [-0.1, -0.05) is 13.8 Å². The second-order valence-corrected chi connectivity index (χ2v) is 2.42. The SMILES string of the molecule is CC(C)CC(=O)OCC#N. The quantitative estimate of drug-likeness (QED) is 0.553. The van der Waals surface area contributed by atoms with E-state index >= 15 is 0 Å². The van der Waals surface area contributed by atoms with Crippen LogP contribution in [0.25, 0.3) is 0 Å². The standard InChI is InChI=1S/C7H11NO2/c1-6(2)5-7(9)10-4-3-8/h6H,4-5H2,1-2H3. The van der Waals surface area contributed by atoms with Crippen molar-refractivity contribution >= 4 is 5.97 Å². The Bertz CT molecular complexity index is 146. The zero-order valence-electron chi connectivity index (χ0n) is 6.26. The first-order valence-electron chi connectivity index (χ1n) is 3.19. The molecule has 56 valence electrons. The molecule has 0 N–H and O–H groups in total. The van der Waals surface area contributed by atoms with Crippen LogP contribution in [-0.4, -0.2) is 12.6 Å². The van der Waals surface area contributed by atoms with E-state index in [-0.39, 0.29) is 12.6 Å². The van der Waals surface area contributed by atoms with Crippen molar-refractivity contribution in [2.24, 2.45) is 5.92 Å².